The van der Waals surface area contributed by atoms with Crippen LogP contribution in [0.3, 0.4) is 0 Å². The molecule has 0 aliphatic rings. The van der Waals surface area contributed by atoms with E-state index < -0.39 is 22.4 Å². The minimum Gasteiger partial charge on any atom is -0.398 e. The topological polar surface area (TPSA) is 43.1 Å². The number of nitrogens with two attached hydrogens (primary N) is 1. The molecule has 2 nitrogen and oxygen atoms in total. The quantitative estimate of drug-likeness (QED) is 0.882. The summed E-state index contributed by atoms with van der Waals surface area (Å²) in [5, 5.41) is 0.184. The summed E-state index contributed by atoms with van der Waals surface area (Å²) < 4.78 is 38.8. The van der Waals surface area contributed by atoms with Crippen molar-refractivity contribution in [3.8, 4) is 0 Å². The predicted octanol–water partition coefficient (Wildman–Crippen LogP) is 3.51. The first kappa shape index (κ1) is 14.0. The smallest absolute Gasteiger partial charge is 0.128 e. The van der Waals surface area contributed by atoms with E-state index in [9.17, 15) is 13.0 Å². The van der Waals surface area contributed by atoms with E-state index in [0.29, 0.717) is 0 Å². The average molecular weight is 302 g/mol. The van der Waals surface area contributed by atoms with Crippen molar-refractivity contribution in [3.05, 3.63) is 58.6 Å². The van der Waals surface area contributed by atoms with Crippen LogP contribution in [0.2, 0.25) is 5.02 Å². The highest BCUT2D eigenvalue weighted by molar-refractivity contribution is 7.84. The lowest BCUT2D eigenvalue weighted by atomic mass is 10.2. The van der Waals surface area contributed by atoms with Crippen molar-refractivity contribution in [2.75, 3.05) is 5.73 Å². The van der Waals surface area contributed by atoms with Gasteiger partial charge in [-0.1, -0.05) is 17.7 Å². The van der Waals surface area contributed by atoms with E-state index in [0.717, 1.165) is 6.07 Å². The second kappa shape index (κ2) is 5.67. The minimum absolute atomic E-state index is 0.131. The van der Waals surface area contributed by atoms with Crippen LogP contribution in [0, 0.1) is 11.6 Å². The zero-order valence-corrected chi connectivity index (χ0v) is 11.3. The number of rotatable bonds is 3. The third-order valence-corrected chi connectivity index (χ3v) is 4.31. The molecule has 2 aromatic carbocycles. The minimum atomic E-state index is -1.67. The maximum absolute atomic E-state index is 13.6. The Labute approximate surface area is 116 Å². The highest BCUT2D eigenvalue weighted by atomic mass is 35.5. The number of benzene rings is 2. The molecule has 0 radical (unpaired) electrons. The third-order valence-electron chi connectivity index (χ3n) is 2.56. The van der Waals surface area contributed by atoms with Gasteiger partial charge in [-0.3, -0.25) is 4.21 Å². The van der Waals surface area contributed by atoms with E-state index in [4.69, 9.17) is 17.3 Å². The molecule has 2 N–H and O–H groups in total. The van der Waals surface area contributed by atoms with Crippen LogP contribution in [-0.2, 0) is 16.6 Å². The lowest BCUT2D eigenvalue weighted by molar-refractivity contribution is 0.614. The van der Waals surface area contributed by atoms with E-state index in [2.05, 4.69) is 0 Å². The summed E-state index contributed by atoms with van der Waals surface area (Å²) >= 11 is 5.85. The Hall–Kier alpha value is -1.46. The van der Waals surface area contributed by atoms with Gasteiger partial charge in [0, 0.05) is 16.3 Å². The monoisotopic (exact) mass is 301 g/mol. The molecule has 1 unspecified atom stereocenters. The summed E-state index contributed by atoms with van der Waals surface area (Å²) in [6.45, 7) is 0. The fourth-order valence-electron chi connectivity index (χ4n) is 1.58. The van der Waals surface area contributed by atoms with E-state index in [1.165, 1.54) is 30.3 Å². The second-order valence-corrected chi connectivity index (χ2v) is 5.70. The van der Waals surface area contributed by atoms with Gasteiger partial charge < -0.3 is 5.73 Å². The molecule has 0 fully saturated rings. The highest BCUT2D eigenvalue weighted by Crippen LogP contribution is 2.25. The lowest BCUT2D eigenvalue weighted by Crippen LogP contribution is -2.03. The Morgan fingerprint density at radius 1 is 1.21 bits per heavy atom. The Morgan fingerprint density at radius 2 is 1.95 bits per heavy atom. The molecule has 100 valence electrons. The van der Waals surface area contributed by atoms with Gasteiger partial charge in [0.2, 0.25) is 0 Å². The fraction of sp³-hybridized carbons (Fsp3) is 0.0769. The first-order valence-corrected chi connectivity index (χ1v) is 7.05. The molecule has 19 heavy (non-hydrogen) atoms. The first-order chi connectivity index (χ1) is 8.99. The van der Waals surface area contributed by atoms with E-state index in [-0.39, 0.29) is 26.9 Å². The standard InChI is InChI=1S/C13H10ClF2NOS/c14-10-2-1-3-11(16)9(10)7-19(18)13-6-8(15)4-5-12(13)17/h1-6H,7,17H2. The summed E-state index contributed by atoms with van der Waals surface area (Å²) in [4.78, 5) is 0.138. The maximum atomic E-state index is 13.6. The van der Waals surface area contributed by atoms with Gasteiger partial charge >= 0.3 is 0 Å². The zero-order chi connectivity index (χ0) is 14.0. The molecule has 6 heteroatoms. The van der Waals surface area contributed by atoms with E-state index in [1.54, 1.807) is 0 Å². The van der Waals surface area contributed by atoms with Crippen molar-refractivity contribution in [1.29, 1.82) is 0 Å². The number of hydrogen-bond acceptors (Lipinski definition) is 2. The van der Waals surface area contributed by atoms with Crippen molar-refractivity contribution in [1.82, 2.24) is 0 Å². The van der Waals surface area contributed by atoms with Crippen LogP contribution in [0.15, 0.2) is 41.3 Å². The van der Waals surface area contributed by atoms with Crippen LogP contribution in [0.4, 0.5) is 14.5 Å². The van der Waals surface area contributed by atoms with Gasteiger partial charge in [0.25, 0.3) is 0 Å². The third kappa shape index (κ3) is 3.11. The van der Waals surface area contributed by atoms with Gasteiger partial charge in [0.05, 0.1) is 21.4 Å². The van der Waals surface area contributed by atoms with Crippen molar-refractivity contribution < 1.29 is 13.0 Å². The lowest BCUT2D eigenvalue weighted by Gasteiger charge is -2.08. The summed E-state index contributed by atoms with van der Waals surface area (Å²) in [7, 11) is -1.67. The summed E-state index contributed by atoms with van der Waals surface area (Å²) in [5.41, 5.74) is 5.97. The van der Waals surface area contributed by atoms with Crippen molar-refractivity contribution in [3.63, 3.8) is 0 Å². The molecule has 0 aliphatic heterocycles. The predicted molar refractivity (Wildman–Crippen MR) is 72.3 cm³/mol. The molecular weight excluding hydrogens is 292 g/mol. The fourth-order valence-corrected chi connectivity index (χ4v) is 3.18. The van der Waals surface area contributed by atoms with E-state index in [1.807, 2.05) is 0 Å². The molecule has 0 aliphatic carbocycles. The average Bonchev–Trinajstić information content (AvgIpc) is 2.37. The molecule has 0 amide bonds. The summed E-state index contributed by atoms with van der Waals surface area (Å²) in [6, 6.07) is 7.78. The van der Waals surface area contributed by atoms with Crippen LogP contribution in [0.5, 0.6) is 0 Å². The molecule has 2 aromatic rings. The molecule has 2 rings (SSSR count). The van der Waals surface area contributed by atoms with Crippen LogP contribution in [0.1, 0.15) is 5.56 Å². The summed E-state index contributed by atoms with van der Waals surface area (Å²) in [6.07, 6.45) is 0. The first-order valence-electron chi connectivity index (χ1n) is 5.35. The number of hydrogen-bond donors (Lipinski definition) is 1. The zero-order valence-electron chi connectivity index (χ0n) is 9.70. The Morgan fingerprint density at radius 3 is 2.63 bits per heavy atom. The summed E-state index contributed by atoms with van der Waals surface area (Å²) in [5.74, 6) is -1.24. The Kier molecular flexibility index (Phi) is 4.17. The second-order valence-electron chi connectivity index (χ2n) is 3.87. The van der Waals surface area contributed by atoms with Crippen molar-refractivity contribution >= 4 is 28.1 Å². The van der Waals surface area contributed by atoms with Gasteiger partial charge in [-0.05, 0) is 30.3 Å². The molecule has 0 heterocycles. The van der Waals surface area contributed by atoms with Crippen LogP contribution < -0.4 is 5.73 Å². The number of halogens is 3. The van der Waals surface area contributed by atoms with Gasteiger partial charge in [-0.15, -0.1) is 0 Å². The van der Waals surface area contributed by atoms with Gasteiger partial charge in [-0.25, -0.2) is 8.78 Å². The molecule has 1 atom stereocenters. The SMILES string of the molecule is Nc1ccc(F)cc1S(=O)Cc1c(F)cccc1Cl. The van der Waals surface area contributed by atoms with Crippen LogP contribution >= 0.6 is 11.6 Å². The van der Waals surface area contributed by atoms with Gasteiger partial charge in [-0.2, -0.15) is 0 Å². The van der Waals surface area contributed by atoms with Gasteiger partial charge in [0.1, 0.15) is 11.6 Å². The number of nitrogen functional groups attached to an aromatic ring is 1. The largest absolute Gasteiger partial charge is 0.398 e. The van der Waals surface area contributed by atoms with Crippen molar-refractivity contribution in [2.45, 2.75) is 10.6 Å². The number of anilines is 1. The van der Waals surface area contributed by atoms with Gasteiger partial charge in [0.15, 0.2) is 0 Å². The Bertz CT molecular complexity index is 628. The van der Waals surface area contributed by atoms with Crippen LogP contribution in [-0.4, -0.2) is 4.21 Å². The van der Waals surface area contributed by atoms with E-state index >= 15 is 0 Å². The van der Waals surface area contributed by atoms with Crippen LogP contribution in [0.25, 0.3) is 0 Å². The molecule has 0 bridgehead atoms. The maximum Gasteiger partial charge on any atom is 0.128 e. The van der Waals surface area contributed by atoms with Crippen molar-refractivity contribution in [2.24, 2.45) is 0 Å². The molecular formula is C13H10ClF2NOS. The molecule has 0 saturated carbocycles. The molecule has 0 spiro atoms. The Balaban J connectivity index is 2.34. The molecule has 0 saturated heterocycles. The normalized spacial score (nSPS) is 12.4. The molecule has 0 aromatic heterocycles. The highest BCUT2D eigenvalue weighted by Gasteiger charge is 2.15.